The quantitative estimate of drug-likeness (QED) is 0.495. The summed E-state index contributed by atoms with van der Waals surface area (Å²) in [6.45, 7) is 2.04. The van der Waals surface area contributed by atoms with Crippen molar-refractivity contribution in [3.05, 3.63) is 94.5 Å². The second-order valence-corrected chi connectivity index (χ2v) is 9.48. The average molecular weight is 473 g/mol. The highest BCUT2D eigenvalue weighted by Gasteiger charge is 2.28. The standard InChI is InChI=1S/C24H25ClN2O4S/c1-17-8-13-22(31-2)23(14-17)32(29,30)27-21(15-18-6-4-3-5-7-18)24(28)26-16-19-9-11-20(25)12-10-19/h3-14,21,27H,15-16H2,1-2H3,(H,26,28). The molecule has 3 aromatic rings. The first kappa shape index (κ1) is 23.8. The van der Waals surface area contributed by atoms with E-state index in [0.29, 0.717) is 5.02 Å². The van der Waals surface area contributed by atoms with Crippen molar-refractivity contribution in [2.75, 3.05) is 7.11 Å². The molecule has 2 N–H and O–H groups in total. The highest BCUT2D eigenvalue weighted by molar-refractivity contribution is 7.89. The molecule has 3 rings (SSSR count). The first-order valence-corrected chi connectivity index (χ1v) is 11.9. The zero-order valence-electron chi connectivity index (χ0n) is 17.8. The Morgan fingerprint density at radius 3 is 2.34 bits per heavy atom. The van der Waals surface area contributed by atoms with E-state index < -0.39 is 22.0 Å². The maximum atomic E-state index is 13.2. The Bertz CT molecular complexity index is 1170. The van der Waals surface area contributed by atoms with Crippen LogP contribution in [0, 0.1) is 6.92 Å². The summed E-state index contributed by atoms with van der Waals surface area (Å²) >= 11 is 5.91. The van der Waals surface area contributed by atoms with E-state index in [2.05, 4.69) is 10.0 Å². The fraction of sp³-hybridized carbons (Fsp3) is 0.208. The molecule has 0 spiro atoms. The summed E-state index contributed by atoms with van der Waals surface area (Å²) < 4.78 is 34.2. The third-order valence-electron chi connectivity index (χ3n) is 4.89. The largest absolute Gasteiger partial charge is 0.495 e. The number of nitrogens with one attached hydrogen (secondary N) is 2. The van der Waals surface area contributed by atoms with E-state index in [1.54, 1.807) is 43.3 Å². The predicted octanol–water partition coefficient (Wildman–Crippen LogP) is 3.86. The molecule has 0 aliphatic heterocycles. The van der Waals surface area contributed by atoms with Crippen LogP contribution in [0.2, 0.25) is 5.02 Å². The second kappa shape index (κ2) is 10.6. The summed E-state index contributed by atoms with van der Waals surface area (Å²) in [7, 11) is -2.63. The number of aryl methyl sites for hydroxylation is 1. The molecule has 0 bridgehead atoms. The van der Waals surface area contributed by atoms with Gasteiger partial charge in [-0.1, -0.05) is 60.1 Å². The maximum Gasteiger partial charge on any atom is 0.244 e. The van der Waals surface area contributed by atoms with Crippen LogP contribution in [0.15, 0.2) is 77.7 Å². The van der Waals surface area contributed by atoms with Crippen molar-refractivity contribution in [2.45, 2.75) is 30.8 Å². The molecule has 168 valence electrons. The molecule has 0 radical (unpaired) electrons. The molecule has 3 aromatic carbocycles. The molecule has 0 aliphatic carbocycles. The first-order valence-electron chi connectivity index (χ1n) is 10.0. The fourth-order valence-electron chi connectivity index (χ4n) is 3.20. The SMILES string of the molecule is COc1ccc(C)cc1S(=O)(=O)NC(Cc1ccccc1)C(=O)NCc1ccc(Cl)cc1. The van der Waals surface area contributed by atoms with Crippen LogP contribution in [-0.2, 0) is 27.8 Å². The van der Waals surface area contributed by atoms with Gasteiger partial charge in [0.15, 0.2) is 0 Å². The minimum absolute atomic E-state index is 0.0106. The summed E-state index contributed by atoms with van der Waals surface area (Å²) in [5.74, 6) is -0.220. The van der Waals surface area contributed by atoms with Gasteiger partial charge in [0.2, 0.25) is 15.9 Å². The van der Waals surface area contributed by atoms with E-state index in [-0.39, 0.29) is 23.6 Å². The van der Waals surface area contributed by atoms with Gasteiger partial charge >= 0.3 is 0 Å². The number of sulfonamides is 1. The number of hydrogen-bond donors (Lipinski definition) is 2. The highest BCUT2D eigenvalue weighted by atomic mass is 35.5. The predicted molar refractivity (Wildman–Crippen MR) is 125 cm³/mol. The Hall–Kier alpha value is -2.87. The molecule has 0 aliphatic rings. The lowest BCUT2D eigenvalue weighted by Crippen LogP contribution is -2.47. The van der Waals surface area contributed by atoms with Gasteiger partial charge in [0, 0.05) is 11.6 Å². The number of ether oxygens (including phenoxy) is 1. The van der Waals surface area contributed by atoms with E-state index in [9.17, 15) is 13.2 Å². The lowest BCUT2D eigenvalue weighted by Gasteiger charge is -2.20. The summed E-state index contributed by atoms with van der Waals surface area (Å²) in [6.07, 6.45) is 0.195. The van der Waals surface area contributed by atoms with E-state index in [1.165, 1.54) is 13.2 Å². The van der Waals surface area contributed by atoms with Crippen LogP contribution in [0.4, 0.5) is 0 Å². The van der Waals surface area contributed by atoms with Gasteiger partial charge in [0.1, 0.15) is 16.7 Å². The molecule has 6 nitrogen and oxygen atoms in total. The fourth-order valence-corrected chi connectivity index (χ4v) is 4.77. The molecule has 32 heavy (non-hydrogen) atoms. The number of methoxy groups -OCH3 is 1. The Morgan fingerprint density at radius 2 is 1.69 bits per heavy atom. The number of carbonyl (C=O) groups excluding carboxylic acids is 1. The van der Waals surface area contributed by atoms with Gasteiger partial charge < -0.3 is 10.1 Å². The van der Waals surface area contributed by atoms with Gasteiger partial charge in [0.25, 0.3) is 0 Å². The van der Waals surface area contributed by atoms with Gasteiger partial charge in [-0.3, -0.25) is 4.79 Å². The molecule has 8 heteroatoms. The Labute approximate surface area is 193 Å². The molecule has 0 saturated carbocycles. The molecular weight excluding hydrogens is 448 g/mol. The van der Waals surface area contributed by atoms with Gasteiger partial charge in [0.05, 0.1) is 7.11 Å². The number of hydrogen-bond acceptors (Lipinski definition) is 4. The molecule has 1 atom stereocenters. The van der Waals surface area contributed by atoms with Crippen LogP contribution in [-0.4, -0.2) is 27.5 Å². The molecule has 0 saturated heterocycles. The minimum atomic E-state index is -4.03. The summed E-state index contributed by atoms with van der Waals surface area (Å²) in [5.41, 5.74) is 2.44. The summed E-state index contributed by atoms with van der Waals surface area (Å²) in [5, 5.41) is 3.41. The lowest BCUT2D eigenvalue weighted by atomic mass is 10.1. The summed E-state index contributed by atoms with van der Waals surface area (Å²) in [6, 6.07) is 20.2. The van der Waals surface area contributed by atoms with Crippen LogP contribution in [0.3, 0.4) is 0 Å². The number of rotatable bonds is 9. The van der Waals surface area contributed by atoms with Gasteiger partial charge in [-0.2, -0.15) is 4.72 Å². The number of amides is 1. The van der Waals surface area contributed by atoms with Crippen molar-refractivity contribution in [2.24, 2.45) is 0 Å². The smallest absolute Gasteiger partial charge is 0.244 e. The molecule has 0 heterocycles. The van der Waals surface area contributed by atoms with Crippen molar-refractivity contribution in [3.8, 4) is 5.75 Å². The van der Waals surface area contributed by atoms with Gasteiger partial charge in [-0.05, 0) is 54.3 Å². The zero-order valence-corrected chi connectivity index (χ0v) is 19.4. The Kier molecular flexibility index (Phi) is 7.90. The van der Waals surface area contributed by atoms with Crippen molar-refractivity contribution in [3.63, 3.8) is 0 Å². The lowest BCUT2D eigenvalue weighted by molar-refractivity contribution is -0.122. The number of carbonyl (C=O) groups is 1. The van der Waals surface area contributed by atoms with Gasteiger partial charge in [-0.25, -0.2) is 8.42 Å². The second-order valence-electron chi connectivity index (χ2n) is 7.36. The molecule has 0 fully saturated rings. The van der Waals surface area contributed by atoms with Crippen LogP contribution in [0.25, 0.3) is 0 Å². The van der Waals surface area contributed by atoms with Crippen molar-refractivity contribution < 1.29 is 17.9 Å². The molecule has 1 amide bonds. The van der Waals surface area contributed by atoms with Crippen LogP contribution in [0.1, 0.15) is 16.7 Å². The van der Waals surface area contributed by atoms with E-state index >= 15 is 0 Å². The van der Waals surface area contributed by atoms with E-state index in [4.69, 9.17) is 16.3 Å². The molecule has 0 aromatic heterocycles. The summed E-state index contributed by atoms with van der Waals surface area (Å²) in [4.78, 5) is 13.0. The third-order valence-corrected chi connectivity index (χ3v) is 6.63. The van der Waals surface area contributed by atoms with Crippen LogP contribution >= 0.6 is 11.6 Å². The average Bonchev–Trinajstić information content (AvgIpc) is 2.78. The number of halogens is 1. The van der Waals surface area contributed by atoms with E-state index in [1.807, 2.05) is 30.3 Å². The number of benzene rings is 3. The van der Waals surface area contributed by atoms with Crippen molar-refractivity contribution >= 4 is 27.5 Å². The van der Waals surface area contributed by atoms with E-state index in [0.717, 1.165) is 16.7 Å². The third kappa shape index (κ3) is 6.32. The molecular formula is C24H25ClN2O4S. The zero-order chi connectivity index (χ0) is 23.1. The van der Waals surface area contributed by atoms with Crippen molar-refractivity contribution in [1.82, 2.24) is 10.0 Å². The molecule has 1 unspecified atom stereocenters. The Morgan fingerprint density at radius 1 is 1.00 bits per heavy atom. The van der Waals surface area contributed by atoms with Crippen LogP contribution in [0.5, 0.6) is 5.75 Å². The normalized spacial score (nSPS) is 12.2. The van der Waals surface area contributed by atoms with Gasteiger partial charge in [-0.15, -0.1) is 0 Å². The maximum absolute atomic E-state index is 13.2. The highest BCUT2D eigenvalue weighted by Crippen LogP contribution is 2.25. The first-order chi connectivity index (χ1) is 15.3. The van der Waals surface area contributed by atoms with Crippen LogP contribution < -0.4 is 14.8 Å². The van der Waals surface area contributed by atoms with Crippen molar-refractivity contribution in [1.29, 1.82) is 0 Å². The Balaban J connectivity index is 1.84. The monoisotopic (exact) mass is 472 g/mol. The topological polar surface area (TPSA) is 84.5 Å². The minimum Gasteiger partial charge on any atom is -0.495 e.